The predicted octanol–water partition coefficient (Wildman–Crippen LogP) is 8.44. The lowest BCUT2D eigenvalue weighted by atomic mass is 10.1. The number of amides is 2. The number of carbonyl (C=O) groups excluding carboxylic acids is 2. The highest BCUT2D eigenvalue weighted by atomic mass is 79.9. The summed E-state index contributed by atoms with van der Waals surface area (Å²) in [5, 5.41) is 9.54. The highest BCUT2D eigenvalue weighted by Crippen LogP contribution is 2.35. The van der Waals surface area contributed by atoms with Crippen molar-refractivity contribution < 1.29 is 19.1 Å². The Balaban J connectivity index is 1.44. The molecule has 0 fully saturated rings. The molecule has 3 N–H and O–H groups in total. The van der Waals surface area contributed by atoms with Crippen molar-refractivity contribution in [1.29, 1.82) is 0 Å². The number of nitrogens with one attached hydrogen (secondary N) is 3. The summed E-state index contributed by atoms with van der Waals surface area (Å²) in [4.78, 5) is 43.1. The molecule has 11 nitrogen and oxygen atoms in total. The van der Waals surface area contributed by atoms with Crippen molar-refractivity contribution >= 4 is 62.0 Å². The van der Waals surface area contributed by atoms with Gasteiger partial charge in [-0.3, -0.25) is 10.1 Å². The highest BCUT2D eigenvalue weighted by molar-refractivity contribution is 9.10. The van der Waals surface area contributed by atoms with Gasteiger partial charge in [0.25, 0.3) is 5.91 Å². The van der Waals surface area contributed by atoms with E-state index in [1.54, 1.807) is 81.6 Å². The first-order chi connectivity index (χ1) is 21.4. The van der Waals surface area contributed by atoms with Crippen LogP contribution in [0.1, 0.15) is 56.6 Å². The van der Waals surface area contributed by atoms with Gasteiger partial charge in [-0.25, -0.2) is 24.7 Å². The monoisotopic (exact) mass is 669 g/mol. The van der Waals surface area contributed by atoms with Crippen molar-refractivity contribution in [2.45, 2.75) is 46.1 Å². The van der Waals surface area contributed by atoms with E-state index in [0.29, 0.717) is 51.1 Å². The number of fused-ring (bicyclic) bond motifs is 1. The first kappa shape index (κ1) is 31.3. The maximum absolute atomic E-state index is 13.2. The zero-order chi connectivity index (χ0) is 32.1. The first-order valence-corrected chi connectivity index (χ1v) is 15.0. The van der Waals surface area contributed by atoms with Gasteiger partial charge in [-0.2, -0.15) is 0 Å². The number of benzene rings is 2. The Bertz CT molecular complexity index is 1840. The van der Waals surface area contributed by atoms with Gasteiger partial charge in [-0.15, -0.1) is 0 Å². The number of pyridine rings is 2. The average Bonchev–Trinajstić information content (AvgIpc) is 2.99. The maximum atomic E-state index is 13.2. The number of ether oxygens (including phenoxy) is 2. The van der Waals surface area contributed by atoms with E-state index in [9.17, 15) is 9.59 Å². The summed E-state index contributed by atoms with van der Waals surface area (Å²) < 4.78 is 12.4. The van der Waals surface area contributed by atoms with Crippen molar-refractivity contribution in [2.24, 2.45) is 0 Å². The Morgan fingerprint density at radius 3 is 2.36 bits per heavy atom. The van der Waals surface area contributed by atoms with Crippen LogP contribution in [0.5, 0.6) is 11.5 Å². The Morgan fingerprint density at radius 2 is 1.67 bits per heavy atom. The molecule has 3 heterocycles. The third-order valence-electron chi connectivity index (χ3n) is 6.30. The molecule has 0 bridgehead atoms. The van der Waals surface area contributed by atoms with Gasteiger partial charge >= 0.3 is 6.09 Å². The Morgan fingerprint density at radius 1 is 0.889 bits per heavy atom. The normalized spacial score (nSPS) is 11.3. The van der Waals surface area contributed by atoms with Crippen LogP contribution in [0.4, 0.5) is 27.8 Å². The largest absolute Gasteiger partial charge is 0.455 e. The lowest BCUT2D eigenvalue weighted by Crippen LogP contribution is -2.27. The summed E-state index contributed by atoms with van der Waals surface area (Å²) in [6.07, 6.45) is 2.49. The fourth-order valence-corrected chi connectivity index (χ4v) is 4.39. The average molecular weight is 671 g/mol. The summed E-state index contributed by atoms with van der Waals surface area (Å²) in [7, 11) is 0. The highest BCUT2D eigenvalue weighted by Gasteiger charge is 2.17. The van der Waals surface area contributed by atoms with Crippen LogP contribution < -0.4 is 20.7 Å². The van der Waals surface area contributed by atoms with E-state index in [2.05, 4.69) is 65.7 Å². The smallest absolute Gasteiger partial charge is 0.412 e. The molecule has 45 heavy (non-hydrogen) atoms. The number of rotatable bonds is 8. The van der Waals surface area contributed by atoms with E-state index in [1.165, 1.54) is 6.33 Å². The van der Waals surface area contributed by atoms with Gasteiger partial charge in [0.05, 0.1) is 11.1 Å². The van der Waals surface area contributed by atoms with Gasteiger partial charge in [0.15, 0.2) is 11.4 Å². The van der Waals surface area contributed by atoms with Gasteiger partial charge in [-0.1, -0.05) is 13.8 Å². The number of nitrogens with zero attached hydrogens (tertiary/aromatic N) is 4. The molecule has 5 aromatic rings. The molecule has 5 rings (SSSR count). The summed E-state index contributed by atoms with van der Waals surface area (Å²) >= 11 is 3.35. The standard InChI is InChI=1S/C33H32BrN7O4/c1-19(2)25-13-12-24-29(39-25)36-18-37-30(24)40-26-16-20(31(42)41-28-15-7-21(34)17-35-28)6-14-27(26)44-23-10-8-22(9-11-23)38-32(43)45-33(3,4)5/h6-19H,1-5H3,(H,38,43)(H,35,41,42)(H,36,37,39,40). The minimum absolute atomic E-state index is 0.238. The zero-order valence-corrected chi connectivity index (χ0v) is 27.0. The lowest BCUT2D eigenvalue weighted by Gasteiger charge is -2.19. The molecule has 0 radical (unpaired) electrons. The molecule has 2 aromatic carbocycles. The van der Waals surface area contributed by atoms with E-state index in [-0.39, 0.29) is 11.8 Å². The third kappa shape index (κ3) is 8.30. The fraction of sp³-hybridized carbons (Fsp3) is 0.212. The minimum Gasteiger partial charge on any atom is -0.455 e. The molecule has 0 aliphatic carbocycles. The molecule has 0 aliphatic rings. The molecule has 230 valence electrons. The molecular weight excluding hydrogens is 638 g/mol. The first-order valence-electron chi connectivity index (χ1n) is 14.2. The summed E-state index contributed by atoms with van der Waals surface area (Å²) in [5.41, 5.74) is 2.24. The summed E-state index contributed by atoms with van der Waals surface area (Å²) in [6.45, 7) is 9.53. The topological polar surface area (TPSA) is 140 Å². The second-order valence-electron chi connectivity index (χ2n) is 11.4. The maximum Gasteiger partial charge on any atom is 0.412 e. The molecule has 0 saturated carbocycles. The van der Waals surface area contributed by atoms with Gasteiger partial charge < -0.3 is 20.1 Å². The van der Waals surface area contributed by atoms with Gasteiger partial charge in [0.1, 0.15) is 29.3 Å². The molecule has 0 saturated heterocycles. The number of halogens is 1. The second kappa shape index (κ2) is 13.3. The van der Waals surface area contributed by atoms with Gasteiger partial charge in [-0.05, 0) is 109 Å². The lowest BCUT2D eigenvalue weighted by molar-refractivity contribution is 0.0635. The molecule has 0 aliphatic heterocycles. The number of hydrogen-bond acceptors (Lipinski definition) is 9. The fourth-order valence-electron chi connectivity index (χ4n) is 4.16. The molecule has 0 atom stereocenters. The van der Waals surface area contributed by atoms with Gasteiger partial charge in [0, 0.05) is 27.6 Å². The third-order valence-corrected chi connectivity index (χ3v) is 6.77. The van der Waals surface area contributed by atoms with E-state index < -0.39 is 11.7 Å². The molecule has 3 aromatic heterocycles. The van der Waals surface area contributed by atoms with Crippen molar-refractivity contribution in [3.05, 3.63) is 95.0 Å². The number of carbonyl (C=O) groups is 2. The van der Waals surface area contributed by atoms with Crippen molar-refractivity contribution in [2.75, 3.05) is 16.0 Å². The molecule has 0 unspecified atom stereocenters. The van der Waals surface area contributed by atoms with Crippen LogP contribution in [-0.4, -0.2) is 37.5 Å². The van der Waals surface area contributed by atoms with Crippen LogP contribution in [0.15, 0.2) is 83.7 Å². The van der Waals surface area contributed by atoms with Crippen LogP contribution in [0.25, 0.3) is 11.0 Å². The predicted molar refractivity (Wildman–Crippen MR) is 177 cm³/mol. The minimum atomic E-state index is -0.615. The quantitative estimate of drug-likeness (QED) is 0.148. The summed E-state index contributed by atoms with van der Waals surface area (Å²) in [6, 6.07) is 19.2. The van der Waals surface area contributed by atoms with Crippen LogP contribution in [0.2, 0.25) is 0 Å². The van der Waals surface area contributed by atoms with Crippen LogP contribution in [-0.2, 0) is 4.74 Å². The molecule has 2 amide bonds. The summed E-state index contributed by atoms with van der Waals surface area (Å²) in [5.74, 6) is 1.72. The van der Waals surface area contributed by atoms with E-state index >= 15 is 0 Å². The Labute approximate surface area is 269 Å². The number of aromatic nitrogens is 4. The van der Waals surface area contributed by atoms with Crippen molar-refractivity contribution in [3.8, 4) is 11.5 Å². The zero-order valence-electron chi connectivity index (χ0n) is 25.4. The van der Waals surface area contributed by atoms with E-state index in [1.807, 2.05) is 12.1 Å². The van der Waals surface area contributed by atoms with Crippen LogP contribution >= 0.6 is 15.9 Å². The van der Waals surface area contributed by atoms with Gasteiger partial charge in [0.2, 0.25) is 0 Å². The molecule has 0 spiro atoms. The SMILES string of the molecule is CC(C)c1ccc2c(Nc3cc(C(=O)Nc4ccc(Br)cn4)ccc3Oc3ccc(NC(=O)OC(C)(C)C)cc3)ncnc2n1. The van der Waals surface area contributed by atoms with E-state index in [0.717, 1.165) is 10.2 Å². The Hall–Kier alpha value is -5.10. The number of anilines is 4. The second-order valence-corrected chi connectivity index (χ2v) is 12.3. The van der Waals surface area contributed by atoms with Crippen LogP contribution in [0.3, 0.4) is 0 Å². The Kier molecular flexibility index (Phi) is 9.24. The van der Waals surface area contributed by atoms with Crippen molar-refractivity contribution in [3.63, 3.8) is 0 Å². The number of hydrogen-bond donors (Lipinski definition) is 3. The van der Waals surface area contributed by atoms with Crippen molar-refractivity contribution in [1.82, 2.24) is 19.9 Å². The molecule has 12 heteroatoms. The van der Waals surface area contributed by atoms with E-state index in [4.69, 9.17) is 9.47 Å². The molecular formula is C33H32BrN7O4. The van der Waals surface area contributed by atoms with Crippen LogP contribution in [0, 0.1) is 0 Å².